The standard InChI is InChI=1S/C24H27NO4.ClH/c1-24(2,14-18-7-8-19-5-3-4-6-20(19)13-18)25-15-21(27)16-28-22-9-11-23(12-10-22)29-17-26;/h3-13,17,21,25,27H,14-16H2,1-2H3;1H/p-1. The van der Waals surface area contributed by atoms with Crippen LogP contribution in [-0.4, -0.2) is 36.4 Å². The molecule has 0 aromatic heterocycles. The zero-order valence-electron chi connectivity index (χ0n) is 17.2. The van der Waals surface area contributed by atoms with Crippen molar-refractivity contribution in [2.24, 2.45) is 0 Å². The molecule has 3 aromatic rings. The Balaban J connectivity index is 0.00000320. The molecular formula is C24H27ClNO4-. The van der Waals surface area contributed by atoms with E-state index in [-0.39, 0.29) is 24.6 Å². The number of hydrogen-bond acceptors (Lipinski definition) is 5. The molecule has 0 bridgehead atoms. The van der Waals surface area contributed by atoms with E-state index in [1.165, 1.54) is 16.3 Å². The number of rotatable bonds is 10. The van der Waals surface area contributed by atoms with E-state index in [1.807, 2.05) is 6.07 Å². The van der Waals surface area contributed by atoms with E-state index >= 15 is 0 Å². The molecule has 30 heavy (non-hydrogen) atoms. The Labute approximate surface area is 183 Å². The van der Waals surface area contributed by atoms with Gasteiger partial charge in [-0.2, -0.15) is 0 Å². The molecule has 1 unspecified atom stereocenters. The van der Waals surface area contributed by atoms with E-state index in [0.29, 0.717) is 24.5 Å². The van der Waals surface area contributed by atoms with Gasteiger partial charge in [0.25, 0.3) is 6.47 Å². The fourth-order valence-electron chi connectivity index (χ4n) is 3.24. The summed E-state index contributed by atoms with van der Waals surface area (Å²) in [6.45, 7) is 5.23. The molecule has 0 spiro atoms. The first kappa shape index (κ1) is 23.7. The maximum Gasteiger partial charge on any atom is 0.298 e. The zero-order chi connectivity index (χ0) is 20.7. The van der Waals surface area contributed by atoms with Crippen LogP contribution in [0, 0.1) is 0 Å². The van der Waals surface area contributed by atoms with Gasteiger partial charge in [0.1, 0.15) is 24.2 Å². The predicted octanol–water partition coefficient (Wildman–Crippen LogP) is 0.730. The van der Waals surface area contributed by atoms with Crippen molar-refractivity contribution in [3.05, 3.63) is 72.3 Å². The first-order chi connectivity index (χ1) is 13.9. The molecule has 2 N–H and O–H groups in total. The molecule has 0 saturated carbocycles. The van der Waals surface area contributed by atoms with Gasteiger partial charge in [-0.3, -0.25) is 4.79 Å². The van der Waals surface area contributed by atoms with Crippen LogP contribution < -0.4 is 27.2 Å². The van der Waals surface area contributed by atoms with Gasteiger partial charge < -0.3 is 32.3 Å². The monoisotopic (exact) mass is 428 g/mol. The zero-order valence-corrected chi connectivity index (χ0v) is 17.9. The molecule has 0 aliphatic rings. The summed E-state index contributed by atoms with van der Waals surface area (Å²) in [5.41, 5.74) is 1.08. The minimum atomic E-state index is -0.642. The first-order valence-corrected chi connectivity index (χ1v) is 9.69. The third kappa shape index (κ3) is 7.02. The highest BCUT2D eigenvalue weighted by Gasteiger charge is 2.19. The van der Waals surface area contributed by atoms with E-state index in [4.69, 9.17) is 9.47 Å². The smallest absolute Gasteiger partial charge is 0.298 e. The molecular weight excluding hydrogens is 402 g/mol. The summed E-state index contributed by atoms with van der Waals surface area (Å²) in [7, 11) is 0. The second-order valence-electron chi connectivity index (χ2n) is 7.77. The second-order valence-corrected chi connectivity index (χ2v) is 7.77. The van der Waals surface area contributed by atoms with E-state index in [1.54, 1.807) is 24.3 Å². The fourth-order valence-corrected chi connectivity index (χ4v) is 3.24. The van der Waals surface area contributed by atoms with Crippen molar-refractivity contribution in [2.75, 3.05) is 13.2 Å². The van der Waals surface area contributed by atoms with Gasteiger partial charge in [-0.05, 0) is 60.9 Å². The van der Waals surface area contributed by atoms with Crippen molar-refractivity contribution in [1.29, 1.82) is 0 Å². The highest BCUT2D eigenvalue weighted by molar-refractivity contribution is 5.83. The average Bonchev–Trinajstić information content (AvgIpc) is 2.72. The number of halogens is 1. The van der Waals surface area contributed by atoms with Gasteiger partial charge in [0, 0.05) is 12.1 Å². The van der Waals surface area contributed by atoms with Crippen molar-refractivity contribution in [3.8, 4) is 11.5 Å². The van der Waals surface area contributed by atoms with Gasteiger partial charge in [-0.25, -0.2) is 0 Å². The molecule has 5 nitrogen and oxygen atoms in total. The number of carbonyl (C=O) groups is 1. The molecule has 1 atom stereocenters. The largest absolute Gasteiger partial charge is 1.00 e. The number of hydrogen-bond donors (Lipinski definition) is 2. The quantitative estimate of drug-likeness (QED) is 0.466. The Morgan fingerprint density at radius 3 is 2.37 bits per heavy atom. The lowest BCUT2D eigenvalue weighted by molar-refractivity contribution is -0.120. The first-order valence-electron chi connectivity index (χ1n) is 9.69. The molecule has 160 valence electrons. The molecule has 3 rings (SSSR count). The molecule has 0 aliphatic heterocycles. The third-order valence-corrected chi connectivity index (χ3v) is 4.73. The Hall–Kier alpha value is -2.60. The van der Waals surface area contributed by atoms with Gasteiger partial charge in [0.05, 0.1) is 0 Å². The Morgan fingerprint density at radius 1 is 1.00 bits per heavy atom. The minimum absolute atomic E-state index is 0. The van der Waals surface area contributed by atoms with Crippen molar-refractivity contribution in [2.45, 2.75) is 31.9 Å². The number of nitrogens with one attached hydrogen (secondary N) is 1. The van der Waals surface area contributed by atoms with Crippen molar-refractivity contribution < 1.29 is 31.8 Å². The van der Waals surface area contributed by atoms with Crippen LogP contribution in [0.4, 0.5) is 0 Å². The summed E-state index contributed by atoms with van der Waals surface area (Å²) < 4.78 is 10.3. The number of ether oxygens (including phenoxy) is 2. The van der Waals surface area contributed by atoms with Crippen molar-refractivity contribution in [3.63, 3.8) is 0 Å². The molecule has 3 aromatic carbocycles. The highest BCUT2D eigenvalue weighted by Crippen LogP contribution is 2.20. The summed E-state index contributed by atoms with van der Waals surface area (Å²) in [5, 5.41) is 16.2. The number of benzene rings is 3. The average molecular weight is 429 g/mol. The number of β-amino-alcohol motifs (C(OH)–C–C–N with tert-alkyl or cyclic N) is 1. The van der Waals surface area contributed by atoms with E-state index < -0.39 is 6.10 Å². The Morgan fingerprint density at radius 2 is 1.67 bits per heavy atom. The number of aliphatic hydroxyl groups is 1. The number of aliphatic hydroxyl groups excluding tert-OH is 1. The maximum absolute atomic E-state index is 10.3. The van der Waals surface area contributed by atoms with Gasteiger partial charge in [0.15, 0.2) is 0 Å². The van der Waals surface area contributed by atoms with Crippen LogP contribution in [0.25, 0.3) is 10.8 Å². The normalized spacial score (nSPS) is 12.1. The fraction of sp³-hybridized carbons (Fsp3) is 0.292. The molecule has 6 heteroatoms. The number of fused-ring (bicyclic) bond motifs is 1. The van der Waals surface area contributed by atoms with Gasteiger partial charge >= 0.3 is 0 Å². The lowest BCUT2D eigenvalue weighted by Gasteiger charge is -2.28. The van der Waals surface area contributed by atoms with Crippen LogP contribution in [0.5, 0.6) is 11.5 Å². The van der Waals surface area contributed by atoms with Crippen molar-refractivity contribution in [1.82, 2.24) is 5.32 Å². The van der Waals surface area contributed by atoms with E-state index in [0.717, 1.165) is 6.42 Å². The lowest BCUT2D eigenvalue weighted by Crippen LogP contribution is -3.00. The molecule has 0 aliphatic carbocycles. The summed E-state index contributed by atoms with van der Waals surface area (Å²) in [5.74, 6) is 1.06. The van der Waals surface area contributed by atoms with Crippen LogP contribution in [0.2, 0.25) is 0 Å². The molecule has 0 radical (unpaired) electrons. The van der Waals surface area contributed by atoms with Crippen LogP contribution in [-0.2, 0) is 11.2 Å². The SMILES string of the molecule is CC(C)(Cc1ccc2ccccc2c1)NCC(O)COc1ccc(OC=O)cc1.[Cl-]. The second kappa shape index (κ2) is 11.0. The Bertz CT molecular complexity index is 943. The van der Waals surface area contributed by atoms with Crippen LogP contribution in [0.15, 0.2) is 66.7 Å². The summed E-state index contributed by atoms with van der Waals surface area (Å²) in [4.78, 5) is 10.3. The Kier molecular flexibility index (Phi) is 8.66. The number of carbonyl (C=O) groups excluding carboxylic acids is 1. The van der Waals surface area contributed by atoms with E-state index in [9.17, 15) is 9.90 Å². The molecule has 0 saturated heterocycles. The molecule has 0 heterocycles. The summed E-state index contributed by atoms with van der Waals surface area (Å²) in [6.07, 6.45) is 0.209. The maximum atomic E-state index is 10.3. The van der Waals surface area contributed by atoms with Crippen LogP contribution in [0.1, 0.15) is 19.4 Å². The van der Waals surface area contributed by atoms with Crippen LogP contribution >= 0.6 is 0 Å². The molecule has 0 fully saturated rings. The third-order valence-electron chi connectivity index (χ3n) is 4.73. The van der Waals surface area contributed by atoms with Gasteiger partial charge in [-0.1, -0.05) is 42.5 Å². The molecule has 0 amide bonds. The van der Waals surface area contributed by atoms with Gasteiger partial charge in [-0.15, -0.1) is 0 Å². The van der Waals surface area contributed by atoms with Gasteiger partial charge in [0.2, 0.25) is 0 Å². The summed E-state index contributed by atoms with van der Waals surface area (Å²) >= 11 is 0. The van der Waals surface area contributed by atoms with E-state index in [2.05, 4.69) is 55.6 Å². The highest BCUT2D eigenvalue weighted by atomic mass is 35.5. The van der Waals surface area contributed by atoms with Crippen molar-refractivity contribution >= 4 is 17.2 Å². The summed E-state index contributed by atoms with van der Waals surface area (Å²) in [6, 6.07) is 21.5. The lowest BCUT2D eigenvalue weighted by atomic mass is 9.93. The minimum Gasteiger partial charge on any atom is -1.00 e. The topological polar surface area (TPSA) is 67.8 Å². The predicted molar refractivity (Wildman–Crippen MR) is 114 cm³/mol. The van der Waals surface area contributed by atoms with Crippen LogP contribution in [0.3, 0.4) is 0 Å².